The predicted octanol–water partition coefficient (Wildman–Crippen LogP) is 7.11. The van der Waals surface area contributed by atoms with Crippen LogP contribution in [0.1, 0.15) is 16.7 Å². The summed E-state index contributed by atoms with van der Waals surface area (Å²) in [6.45, 7) is 0. The molecule has 0 heterocycles. The number of hydrogen-bond acceptors (Lipinski definition) is 1. The van der Waals surface area contributed by atoms with Crippen molar-refractivity contribution >= 4 is 17.4 Å². The fourth-order valence-electron chi connectivity index (χ4n) is 2.45. The van der Waals surface area contributed by atoms with Crippen LogP contribution in [0, 0.1) is 0 Å². The number of hydrogen-bond donors (Lipinski definition) is 1. The van der Waals surface area contributed by atoms with E-state index in [2.05, 4.69) is 0 Å². The molecule has 0 saturated carbocycles. The first kappa shape index (κ1) is 25.1. The second kappa shape index (κ2) is 8.09. The van der Waals surface area contributed by atoms with Gasteiger partial charge in [-0.1, -0.05) is 6.07 Å². The van der Waals surface area contributed by atoms with E-state index in [0.29, 0.717) is 23.5 Å². The minimum absolute atomic E-state index is 0.0868. The van der Waals surface area contributed by atoms with E-state index in [-0.39, 0.29) is 29.2 Å². The van der Waals surface area contributed by atoms with Crippen molar-refractivity contribution in [1.29, 1.82) is 0 Å². The van der Waals surface area contributed by atoms with Gasteiger partial charge in [0.25, 0.3) is 0 Å². The van der Waals surface area contributed by atoms with Gasteiger partial charge >= 0.3 is 30.9 Å². The molecule has 0 radical (unpaired) electrons. The summed E-state index contributed by atoms with van der Waals surface area (Å²) in [7, 11) is 0. The number of urea groups is 1. The number of alkyl halides is 12. The fraction of sp³-hybridized carbons (Fsp3) is 0.235. The van der Waals surface area contributed by atoms with Gasteiger partial charge < -0.3 is 0 Å². The summed E-state index contributed by atoms with van der Waals surface area (Å²) in [6, 6.07) is -1.21. The van der Waals surface area contributed by atoms with Crippen LogP contribution < -0.4 is 10.2 Å². The lowest BCUT2D eigenvalue weighted by Crippen LogP contribution is -2.45. The van der Waals surface area contributed by atoms with Crippen molar-refractivity contribution in [3.05, 3.63) is 59.2 Å². The van der Waals surface area contributed by atoms with Crippen molar-refractivity contribution in [2.45, 2.75) is 24.8 Å². The third kappa shape index (κ3) is 6.20. The molecule has 0 saturated heterocycles. The van der Waals surface area contributed by atoms with E-state index in [1.54, 1.807) is 0 Å². The monoisotopic (exact) mass is 484 g/mol. The number of amides is 2. The van der Waals surface area contributed by atoms with Crippen LogP contribution in [-0.2, 0) is 18.5 Å². The van der Waals surface area contributed by atoms with Gasteiger partial charge in [-0.25, -0.2) is 10.1 Å². The molecular formula is C17H8F12N2O. The Balaban J connectivity index is 2.80. The second-order valence-corrected chi connectivity index (χ2v) is 6.08. The molecule has 32 heavy (non-hydrogen) atoms. The van der Waals surface area contributed by atoms with Crippen molar-refractivity contribution in [2.24, 2.45) is 0 Å². The van der Waals surface area contributed by atoms with Gasteiger partial charge in [-0.05, 0) is 36.4 Å². The van der Waals surface area contributed by atoms with Gasteiger partial charge in [0.05, 0.1) is 28.1 Å². The third-order valence-corrected chi connectivity index (χ3v) is 3.71. The number of benzene rings is 2. The van der Waals surface area contributed by atoms with Gasteiger partial charge in [0.1, 0.15) is 0 Å². The van der Waals surface area contributed by atoms with Crippen LogP contribution in [0.15, 0.2) is 42.5 Å². The molecule has 0 atom stereocenters. The fourth-order valence-corrected chi connectivity index (χ4v) is 2.45. The molecule has 2 rings (SSSR count). The normalized spacial score (nSPS) is 13.1. The SMILES string of the molecule is O=C(NC(F)(F)F)N(c1cccc(C(F)(F)F)c1)c1cc(C(F)(F)F)cc(C(F)(F)F)c1. The van der Waals surface area contributed by atoms with Crippen molar-refractivity contribution in [2.75, 3.05) is 4.90 Å². The molecule has 1 N–H and O–H groups in total. The molecule has 15 heteroatoms. The predicted molar refractivity (Wildman–Crippen MR) is 84.6 cm³/mol. The van der Waals surface area contributed by atoms with E-state index in [4.69, 9.17) is 0 Å². The Bertz CT molecular complexity index is 956. The standard InChI is InChI=1S/C17H8F12N2O/c18-14(19,20)8-2-1-3-11(5-8)31(13(32)30-17(27,28)29)12-6-9(15(21,22)23)4-10(7-12)16(24,25)26/h1-7H,(H,30,32). The number of rotatable bonds is 2. The van der Waals surface area contributed by atoms with Gasteiger partial charge in [0.2, 0.25) is 0 Å². The van der Waals surface area contributed by atoms with Gasteiger partial charge in [-0.3, -0.25) is 4.90 Å². The number of halogens is 12. The highest BCUT2D eigenvalue weighted by molar-refractivity contribution is 5.99. The lowest BCUT2D eigenvalue weighted by atomic mass is 10.1. The highest BCUT2D eigenvalue weighted by Gasteiger charge is 2.40. The van der Waals surface area contributed by atoms with E-state index < -0.39 is 58.9 Å². The first-order valence-corrected chi connectivity index (χ1v) is 7.95. The number of nitrogens with one attached hydrogen (secondary N) is 1. The van der Waals surface area contributed by atoms with Crippen LogP contribution in [0.2, 0.25) is 0 Å². The Morgan fingerprint density at radius 3 is 1.47 bits per heavy atom. The van der Waals surface area contributed by atoms with Crippen LogP contribution in [0.25, 0.3) is 0 Å². The first-order valence-electron chi connectivity index (χ1n) is 7.95. The Morgan fingerprint density at radius 1 is 0.625 bits per heavy atom. The first-order chi connectivity index (χ1) is 14.3. The van der Waals surface area contributed by atoms with Gasteiger partial charge in [0, 0.05) is 0 Å². The summed E-state index contributed by atoms with van der Waals surface area (Å²) in [5, 5.41) is 0.334. The zero-order chi connectivity index (χ0) is 24.7. The molecule has 0 aliphatic carbocycles. The topological polar surface area (TPSA) is 32.3 Å². The van der Waals surface area contributed by atoms with E-state index >= 15 is 0 Å². The molecule has 0 aliphatic rings. The summed E-state index contributed by atoms with van der Waals surface area (Å²) in [4.78, 5) is 11.7. The van der Waals surface area contributed by atoms with Crippen LogP contribution in [0.5, 0.6) is 0 Å². The van der Waals surface area contributed by atoms with Crippen LogP contribution in [0.3, 0.4) is 0 Å². The van der Waals surface area contributed by atoms with Gasteiger partial charge in [-0.2, -0.15) is 52.7 Å². The molecule has 3 nitrogen and oxygen atoms in total. The molecule has 0 spiro atoms. The molecule has 2 amide bonds. The number of nitrogens with zero attached hydrogens (tertiary/aromatic N) is 1. The zero-order valence-electron chi connectivity index (χ0n) is 14.9. The molecule has 176 valence electrons. The number of carbonyl (C=O) groups is 1. The zero-order valence-corrected chi connectivity index (χ0v) is 14.9. The largest absolute Gasteiger partial charge is 0.485 e. The summed E-state index contributed by atoms with van der Waals surface area (Å²) in [6.07, 6.45) is -21.5. The summed E-state index contributed by atoms with van der Waals surface area (Å²) < 4.78 is 155. The van der Waals surface area contributed by atoms with Crippen molar-refractivity contribution in [3.8, 4) is 0 Å². The molecule has 2 aromatic rings. The minimum Gasteiger partial charge on any atom is -0.263 e. The van der Waals surface area contributed by atoms with Crippen molar-refractivity contribution in [1.82, 2.24) is 5.32 Å². The van der Waals surface area contributed by atoms with E-state index in [9.17, 15) is 57.5 Å². The number of carbonyl (C=O) groups excluding carboxylic acids is 1. The summed E-state index contributed by atoms with van der Waals surface area (Å²) in [5.41, 5.74) is -8.01. The van der Waals surface area contributed by atoms with E-state index in [1.807, 2.05) is 0 Å². The molecular weight excluding hydrogens is 476 g/mol. The maximum atomic E-state index is 13.1. The second-order valence-electron chi connectivity index (χ2n) is 6.08. The Labute approximate surface area is 170 Å². The molecule has 0 aromatic heterocycles. The maximum Gasteiger partial charge on any atom is 0.485 e. The molecule has 2 aromatic carbocycles. The molecule has 0 fully saturated rings. The van der Waals surface area contributed by atoms with Crippen molar-refractivity contribution in [3.63, 3.8) is 0 Å². The van der Waals surface area contributed by atoms with Crippen LogP contribution >= 0.6 is 0 Å². The highest BCUT2D eigenvalue weighted by Crippen LogP contribution is 2.41. The average Bonchev–Trinajstić information content (AvgIpc) is 2.58. The minimum atomic E-state index is -5.51. The Kier molecular flexibility index (Phi) is 6.35. The molecule has 0 bridgehead atoms. The van der Waals surface area contributed by atoms with Gasteiger partial charge in [0.15, 0.2) is 0 Å². The Morgan fingerprint density at radius 2 is 1.06 bits per heavy atom. The van der Waals surface area contributed by atoms with Crippen LogP contribution in [-0.4, -0.2) is 12.3 Å². The van der Waals surface area contributed by atoms with Crippen LogP contribution in [0.4, 0.5) is 68.9 Å². The molecule has 0 aliphatic heterocycles. The number of anilines is 2. The quantitative estimate of drug-likeness (QED) is 0.358. The Hall–Kier alpha value is -3.13. The summed E-state index contributed by atoms with van der Waals surface area (Å²) >= 11 is 0. The third-order valence-electron chi connectivity index (χ3n) is 3.71. The van der Waals surface area contributed by atoms with E-state index in [0.717, 1.165) is 0 Å². The maximum absolute atomic E-state index is 13.1. The van der Waals surface area contributed by atoms with Crippen molar-refractivity contribution < 1.29 is 57.5 Å². The van der Waals surface area contributed by atoms with E-state index in [1.165, 1.54) is 0 Å². The lowest BCUT2D eigenvalue weighted by Gasteiger charge is -2.26. The summed E-state index contributed by atoms with van der Waals surface area (Å²) in [5.74, 6) is 0. The highest BCUT2D eigenvalue weighted by atomic mass is 19.4. The smallest absolute Gasteiger partial charge is 0.263 e. The average molecular weight is 484 g/mol. The molecule has 0 unspecified atom stereocenters. The van der Waals surface area contributed by atoms with Gasteiger partial charge in [-0.15, -0.1) is 0 Å². The lowest BCUT2D eigenvalue weighted by molar-refractivity contribution is -0.146.